The third-order valence-corrected chi connectivity index (χ3v) is 6.03. The molecule has 3 aromatic heterocycles. The van der Waals surface area contributed by atoms with Gasteiger partial charge in [-0.2, -0.15) is 0 Å². The predicted molar refractivity (Wildman–Crippen MR) is 117 cm³/mol. The summed E-state index contributed by atoms with van der Waals surface area (Å²) in [6.45, 7) is 0. The number of thiophene rings is 1. The van der Waals surface area contributed by atoms with Crippen LogP contribution in [0.2, 0.25) is 5.02 Å². The van der Waals surface area contributed by atoms with Crippen LogP contribution in [0.25, 0.3) is 11.0 Å². The smallest absolute Gasteiger partial charge is 0.332 e. The van der Waals surface area contributed by atoms with Gasteiger partial charge in [-0.05, 0) is 41.3 Å². The van der Waals surface area contributed by atoms with Crippen LogP contribution in [0.15, 0.2) is 63.5 Å². The molecule has 9 heteroatoms. The molecule has 0 aliphatic heterocycles. The molecule has 7 nitrogen and oxygen atoms in total. The van der Waals surface area contributed by atoms with Crippen molar-refractivity contribution in [3.63, 3.8) is 0 Å². The molecule has 0 spiro atoms. The van der Waals surface area contributed by atoms with E-state index in [1.54, 1.807) is 12.1 Å². The normalized spacial score (nSPS) is 12.1. The van der Waals surface area contributed by atoms with Gasteiger partial charge in [-0.25, -0.2) is 9.78 Å². The van der Waals surface area contributed by atoms with Gasteiger partial charge in [-0.3, -0.25) is 18.7 Å². The van der Waals surface area contributed by atoms with Gasteiger partial charge in [0.1, 0.15) is 11.3 Å². The van der Waals surface area contributed by atoms with Gasteiger partial charge in [-0.15, -0.1) is 11.3 Å². The van der Waals surface area contributed by atoms with Gasteiger partial charge in [-0.1, -0.05) is 29.8 Å². The number of pyridine rings is 1. The second-order valence-corrected chi connectivity index (χ2v) is 8.16. The first-order chi connectivity index (χ1) is 14.4. The Balaban J connectivity index is 1.74. The molecule has 1 atom stereocenters. The fourth-order valence-electron chi connectivity index (χ4n) is 3.22. The fourth-order valence-corrected chi connectivity index (χ4v) is 4.14. The highest BCUT2D eigenvalue weighted by atomic mass is 35.5. The van der Waals surface area contributed by atoms with Crippen LogP contribution in [0.4, 0.5) is 0 Å². The average Bonchev–Trinajstić information content (AvgIpc) is 3.29. The molecule has 0 bridgehead atoms. The predicted octanol–water partition coefficient (Wildman–Crippen LogP) is 2.87. The van der Waals surface area contributed by atoms with E-state index in [2.05, 4.69) is 10.3 Å². The minimum atomic E-state index is -0.504. The molecule has 0 saturated carbocycles. The third-order valence-electron chi connectivity index (χ3n) is 4.84. The zero-order valence-corrected chi connectivity index (χ0v) is 17.7. The van der Waals surface area contributed by atoms with Gasteiger partial charge in [0.05, 0.1) is 11.4 Å². The number of hydrogen-bond donors (Lipinski definition) is 1. The van der Waals surface area contributed by atoms with E-state index in [0.29, 0.717) is 5.02 Å². The van der Waals surface area contributed by atoms with Crippen molar-refractivity contribution in [3.05, 3.63) is 95.9 Å². The molecule has 152 valence electrons. The fraction of sp³-hybridized carbons (Fsp3) is 0.143. The van der Waals surface area contributed by atoms with Crippen LogP contribution in [0.1, 0.15) is 27.0 Å². The largest absolute Gasteiger partial charge is 0.339 e. The number of aryl methyl sites for hydroxylation is 1. The Hall–Kier alpha value is -3.23. The number of fused-ring (bicyclic) bond motifs is 1. The summed E-state index contributed by atoms with van der Waals surface area (Å²) in [5.74, 6) is -0.418. The topological polar surface area (TPSA) is 86.0 Å². The van der Waals surface area contributed by atoms with Crippen LogP contribution < -0.4 is 16.6 Å². The Bertz CT molecular complexity index is 1360. The zero-order valence-electron chi connectivity index (χ0n) is 16.1. The van der Waals surface area contributed by atoms with Gasteiger partial charge in [0.15, 0.2) is 0 Å². The average molecular weight is 441 g/mol. The Labute approximate surface area is 180 Å². The molecule has 1 amide bonds. The van der Waals surface area contributed by atoms with Crippen LogP contribution in [0.5, 0.6) is 0 Å². The van der Waals surface area contributed by atoms with Crippen molar-refractivity contribution in [1.82, 2.24) is 19.4 Å². The molecule has 1 N–H and O–H groups in total. The summed E-state index contributed by atoms with van der Waals surface area (Å²) in [6.07, 6.45) is 0. The lowest BCUT2D eigenvalue weighted by Gasteiger charge is -2.18. The molecule has 0 aliphatic rings. The first-order valence-corrected chi connectivity index (χ1v) is 10.3. The van der Waals surface area contributed by atoms with Gasteiger partial charge in [0.2, 0.25) is 0 Å². The minimum absolute atomic E-state index is 0.112. The van der Waals surface area contributed by atoms with E-state index in [1.807, 2.05) is 29.6 Å². The molecular weight excluding hydrogens is 424 g/mol. The van der Waals surface area contributed by atoms with Gasteiger partial charge >= 0.3 is 5.69 Å². The van der Waals surface area contributed by atoms with Crippen molar-refractivity contribution < 1.29 is 4.79 Å². The van der Waals surface area contributed by atoms with Gasteiger partial charge < -0.3 is 5.32 Å². The number of carbonyl (C=O) groups is 1. The van der Waals surface area contributed by atoms with Gasteiger partial charge in [0, 0.05) is 24.0 Å². The summed E-state index contributed by atoms with van der Waals surface area (Å²) in [5.41, 5.74) is 0.189. The molecular formula is C21H17ClN4O3S. The highest BCUT2D eigenvalue weighted by molar-refractivity contribution is 7.10. The van der Waals surface area contributed by atoms with Crippen LogP contribution in [0, 0.1) is 0 Å². The molecule has 4 aromatic rings. The Morgan fingerprint density at radius 1 is 1.07 bits per heavy atom. The van der Waals surface area contributed by atoms with Crippen molar-refractivity contribution in [3.8, 4) is 0 Å². The third kappa shape index (κ3) is 3.55. The molecule has 30 heavy (non-hydrogen) atoms. The number of nitrogens with zero attached hydrogens (tertiary/aromatic N) is 3. The maximum absolute atomic E-state index is 13.0. The van der Waals surface area contributed by atoms with Crippen molar-refractivity contribution in [2.75, 3.05) is 0 Å². The summed E-state index contributed by atoms with van der Waals surface area (Å²) in [5, 5.41) is 5.80. The Morgan fingerprint density at radius 2 is 1.80 bits per heavy atom. The first kappa shape index (κ1) is 20.1. The second kappa shape index (κ2) is 7.89. The lowest BCUT2D eigenvalue weighted by molar-refractivity contribution is 0.0939. The molecule has 1 unspecified atom stereocenters. The summed E-state index contributed by atoms with van der Waals surface area (Å²) in [6, 6.07) is 13.7. The van der Waals surface area contributed by atoms with E-state index in [0.717, 1.165) is 15.0 Å². The molecule has 0 aliphatic carbocycles. The molecule has 0 radical (unpaired) electrons. The van der Waals surface area contributed by atoms with E-state index in [4.69, 9.17) is 11.6 Å². The molecule has 0 saturated heterocycles. The van der Waals surface area contributed by atoms with Gasteiger partial charge in [0.25, 0.3) is 11.5 Å². The summed E-state index contributed by atoms with van der Waals surface area (Å²) < 4.78 is 2.26. The molecule has 1 aromatic carbocycles. The van der Waals surface area contributed by atoms with E-state index in [1.165, 1.54) is 42.1 Å². The van der Waals surface area contributed by atoms with E-state index < -0.39 is 17.2 Å². The van der Waals surface area contributed by atoms with Crippen molar-refractivity contribution in [2.24, 2.45) is 14.1 Å². The zero-order chi connectivity index (χ0) is 21.4. The highest BCUT2D eigenvalue weighted by Gasteiger charge is 2.20. The van der Waals surface area contributed by atoms with Crippen molar-refractivity contribution in [2.45, 2.75) is 6.04 Å². The lowest BCUT2D eigenvalue weighted by atomic mass is 10.1. The summed E-state index contributed by atoms with van der Waals surface area (Å²) >= 11 is 7.52. The SMILES string of the molecule is Cn1c(=O)c2ccc(C(=O)NC(c3ccc(Cl)cc3)c3cccs3)nc2n(C)c1=O. The minimum Gasteiger partial charge on any atom is -0.339 e. The Kier molecular flexibility index (Phi) is 5.27. The number of rotatable bonds is 4. The van der Waals surface area contributed by atoms with Crippen LogP contribution in [-0.2, 0) is 14.1 Å². The maximum atomic E-state index is 13.0. The summed E-state index contributed by atoms with van der Waals surface area (Å²) in [7, 11) is 2.92. The lowest BCUT2D eigenvalue weighted by Crippen LogP contribution is -2.37. The quantitative estimate of drug-likeness (QED) is 0.528. The second-order valence-electron chi connectivity index (χ2n) is 6.75. The van der Waals surface area contributed by atoms with E-state index in [-0.39, 0.29) is 22.8 Å². The highest BCUT2D eigenvalue weighted by Crippen LogP contribution is 2.27. The van der Waals surface area contributed by atoms with Crippen LogP contribution in [0.3, 0.4) is 0 Å². The molecule has 3 heterocycles. The number of aromatic nitrogens is 3. The number of hydrogen-bond acceptors (Lipinski definition) is 5. The molecule has 4 rings (SSSR count). The maximum Gasteiger partial charge on any atom is 0.332 e. The standard InChI is InChI=1S/C21H17ClN4O3S/c1-25-18-14(20(28)26(2)21(25)29)9-10-15(23-18)19(27)24-17(16-4-3-11-30-16)12-5-7-13(22)8-6-12/h3-11,17H,1-2H3,(H,24,27). The monoisotopic (exact) mass is 440 g/mol. The van der Waals surface area contributed by atoms with E-state index >= 15 is 0 Å². The number of benzene rings is 1. The van der Waals surface area contributed by atoms with Crippen molar-refractivity contribution in [1.29, 1.82) is 0 Å². The van der Waals surface area contributed by atoms with Crippen LogP contribution >= 0.6 is 22.9 Å². The Morgan fingerprint density at radius 3 is 2.47 bits per heavy atom. The number of nitrogens with one attached hydrogen (secondary N) is 1. The van der Waals surface area contributed by atoms with Crippen LogP contribution in [-0.4, -0.2) is 20.0 Å². The summed E-state index contributed by atoms with van der Waals surface area (Å²) in [4.78, 5) is 42.8. The number of amides is 1. The number of halogens is 1. The molecule has 0 fully saturated rings. The van der Waals surface area contributed by atoms with Crippen molar-refractivity contribution >= 4 is 39.9 Å². The first-order valence-electron chi connectivity index (χ1n) is 9.03. The van der Waals surface area contributed by atoms with E-state index in [9.17, 15) is 14.4 Å². The number of carbonyl (C=O) groups excluding carboxylic acids is 1.